The minimum Gasteiger partial charge on any atom is -0.0831 e. The van der Waals surface area contributed by atoms with Crippen molar-refractivity contribution in [1.82, 2.24) is 0 Å². The van der Waals surface area contributed by atoms with Gasteiger partial charge >= 0.3 is 0 Å². The highest BCUT2D eigenvalue weighted by Gasteiger charge is 2.00. The summed E-state index contributed by atoms with van der Waals surface area (Å²) in [7, 11) is 6.73. The zero-order valence-corrected chi connectivity index (χ0v) is 7.72. The predicted molar refractivity (Wildman–Crippen MR) is 47.9 cm³/mol. The molecule has 0 bridgehead atoms. The third kappa shape index (κ3) is 1.60. The average Bonchev–Trinajstić information content (AvgIpc) is 1.88. The van der Waals surface area contributed by atoms with E-state index in [-0.39, 0.29) is 0 Å². The normalized spacial score (nSPS) is 9.90. The van der Waals surface area contributed by atoms with Crippen LogP contribution in [0, 0.1) is 6.92 Å². The molecule has 0 nitrogen and oxygen atoms in total. The molecule has 3 heteroatoms. The summed E-state index contributed by atoms with van der Waals surface area (Å²) in [4.78, 5) is 0.950. The Hall–Kier alpha value is 0.150. The minimum absolute atomic E-state index is 0.722. The molecule has 0 fully saturated rings. The van der Waals surface area contributed by atoms with Gasteiger partial charge in [-0.15, -0.1) is 0 Å². The molecule has 0 N–H and O–H groups in total. The van der Waals surface area contributed by atoms with E-state index in [1.165, 1.54) is 0 Å². The summed E-state index contributed by atoms with van der Waals surface area (Å²) in [5.41, 5.74) is 1.12. The van der Waals surface area contributed by atoms with Crippen molar-refractivity contribution in [2.24, 2.45) is 0 Å². The fourth-order valence-corrected chi connectivity index (χ4v) is 2.12. The molecular weight excluding hydrogens is 187 g/mol. The number of benzene rings is 1. The molecule has 0 aliphatic rings. The van der Waals surface area contributed by atoms with Gasteiger partial charge in [-0.3, -0.25) is 0 Å². The Labute approximate surface area is 74.0 Å². The van der Waals surface area contributed by atoms with Gasteiger partial charge in [-0.05, 0) is 40.2 Å². The second kappa shape index (κ2) is 3.51. The van der Waals surface area contributed by atoms with Crippen LogP contribution in [0.4, 0.5) is 0 Å². The molecule has 0 spiro atoms. The molecule has 1 aromatic carbocycles. The van der Waals surface area contributed by atoms with E-state index >= 15 is 0 Å². The average molecular weight is 193 g/mol. The van der Waals surface area contributed by atoms with Crippen molar-refractivity contribution in [3.05, 3.63) is 28.8 Å². The molecule has 0 saturated heterocycles. The molecule has 0 unspecified atom stereocenters. The second-order valence-electron chi connectivity index (χ2n) is 1.96. The van der Waals surface area contributed by atoms with Crippen LogP contribution in [0.3, 0.4) is 0 Å². The van der Waals surface area contributed by atoms with E-state index in [1.54, 1.807) is 0 Å². The first-order valence-electron chi connectivity index (χ1n) is 2.79. The molecule has 0 amide bonds. The van der Waals surface area contributed by atoms with Gasteiger partial charge in [-0.25, -0.2) is 0 Å². The Morgan fingerprint density at radius 2 is 2.10 bits per heavy atom. The van der Waals surface area contributed by atoms with Crippen LogP contribution >= 0.6 is 33.3 Å². The van der Waals surface area contributed by atoms with E-state index in [2.05, 4.69) is 0 Å². The lowest BCUT2D eigenvalue weighted by molar-refractivity contribution is 1.31. The summed E-state index contributed by atoms with van der Waals surface area (Å²) in [6.45, 7) is 1.98. The first-order chi connectivity index (χ1) is 4.75. The fourth-order valence-electron chi connectivity index (χ4n) is 0.714. The molecule has 10 heavy (non-hydrogen) atoms. The summed E-state index contributed by atoms with van der Waals surface area (Å²) in [6.07, 6.45) is 0. The SMILES string of the molecule is Cc1cccc(Cl)c1SCl. The van der Waals surface area contributed by atoms with Crippen molar-refractivity contribution in [1.29, 1.82) is 0 Å². The van der Waals surface area contributed by atoms with Crippen molar-refractivity contribution in [3.8, 4) is 0 Å². The van der Waals surface area contributed by atoms with E-state index in [1.807, 2.05) is 25.1 Å². The van der Waals surface area contributed by atoms with Crippen LogP contribution in [0.1, 0.15) is 5.56 Å². The number of halogens is 2. The highest BCUT2D eigenvalue weighted by Crippen LogP contribution is 2.32. The lowest BCUT2D eigenvalue weighted by Crippen LogP contribution is -1.76. The van der Waals surface area contributed by atoms with Crippen LogP contribution in [-0.2, 0) is 0 Å². The van der Waals surface area contributed by atoms with Crippen LogP contribution in [0.15, 0.2) is 23.1 Å². The van der Waals surface area contributed by atoms with Crippen molar-refractivity contribution < 1.29 is 0 Å². The van der Waals surface area contributed by atoms with E-state index in [0.717, 1.165) is 26.5 Å². The lowest BCUT2D eigenvalue weighted by atomic mass is 10.2. The van der Waals surface area contributed by atoms with Gasteiger partial charge < -0.3 is 0 Å². The highest BCUT2D eigenvalue weighted by atomic mass is 35.7. The molecule has 0 radical (unpaired) electrons. The van der Waals surface area contributed by atoms with Gasteiger partial charge in [0, 0.05) is 4.90 Å². The molecular formula is C7H6Cl2S. The molecule has 0 aliphatic carbocycles. The first kappa shape index (κ1) is 8.25. The molecule has 1 rings (SSSR count). The first-order valence-corrected chi connectivity index (χ1v) is 4.81. The molecule has 0 aliphatic heterocycles. The van der Waals surface area contributed by atoms with Gasteiger partial charge in [0.1, 0.15) is 0 Å². The van der Waals surface area contributed by atoms with Crippen LogP contribution in [-0.4, -0.2) is 0 Å². The highest BCUT2D eigenvalue weighted by molar-refractivity contribution is 8.21. The quantitative estimate of drug-likeness (QED) is 0.651. The summed E-state index contributed by atoms with van der Waals surface area (Å²) < 4.78 is 0. The monoisotopic (exact) mass is 192 g/mol. The fraction of sp³-hybridized carbons (Fsp3) is 0.143. The van der Waals surface area contributed by atoms with E-state index < -0.39 is 0 Å². The Morgan fingerprint density at radius 3 is 2.50 bits per heavy atom. The van der Waals surface area contributed by atoms with Crippen LogP contribution in [0.2, 0.25) is 5.02 Å². The maximum atomic E-state index is 5.82. The lowest BCUT2D eigenvalue weighted by Gasteiger charge is -2.00. The second-order valence-corrected chi connectivity index (χ2v) is 3.40. The van der Waals surface area contributed by atoms with Crippen LogP contribution < -0.4 is 0 Å². The van der Waals surface area contributed by atoms with Crippen molar-refractivity contribution in [3.63, 3.8) is 0 Å². The van der Waals surface area contributed by atoms with Crippen molar-refractivity contribution >= 4 is 33.3 Å². The van der Waals surface area contributed by atoms with Crippen LogP contribution in [0.5, 0.6) is 0 Å². The predicted octanol–water partition coefficient (Wildman–Crippen LogP) is 3.89. The molecule has 54 valence electrons. The van der Waals surface area contributed by atoms with E-state index in [0.29, 0.717) is 0 Å². The zero-order chi connectivity index (χ0) is 7.56. The van der Waals surface area contributed by atoms with Gasteiger partial charge in [0.15, 0.2) is 0 Å². The van der Waals surface area contributed by atoms with Crippen molar-refractivity contribution in [2.75, 3.05) is 0 Å². The third-order valence-corrected chi connectivity index (χ3v) is 2.83. The van der Waals surface area contributed by atoms with E-state index in [9.17, 15) is 0 Å². The van der Waals surface area contributed by atoms with Gasteiger partial charge in [-0.1, -0.05) is 23.7 Å². The number of hydrogen-bond donors (Lipinski definition) is 0. The summed E-state index contributed by atoms with van der Waals surface area (Å²) in [6, 6.07) is 5.73. The maximum Gasteiger partial charge on any atom is 0.0556 e. The Kier molecular flexibility index (Phi) is 2.90. The Balaban J connectivity index is 3.17. The number of rotatable bonds is 1. The molecule has 0 atom stereocenters. The number of aryl methyl sites for hydroxylation is 1. The van der Waals surface area contributed by atoms with Crippen LogP contribution in [0.25, 0.3) is 0 Å². The largest absolute Gasteiger partial charge is 0.0831 e. The molecule has 0 heterocycles. The smallest absolute Gasteiger partial charge is 0.0556 e. The molecule has 1 aromatic rings. The summed E-state index contributed by atoms with van der Waals surface area (Å²) in [5, 5.41) is 0.722. The topological polar surface area (TPSA) is 0 Å². The van der Waals surface area contributed by atoms with Gasteiger partial charge in [0.2, 0.25) is 0 Å². The third-order valence-electron chi connectivity index (χ3n) is 1.24. The van der Waals surface area contributed by atoms with E-state index in [4.69, 9.17) is 22.3 Å². The molecule has 0 saturated carbocycles. The minimum atomic E-state index is 0.722. The Bertz CT molecular complexity index is 215. The standard InChI is InChI=1S/C7H6Cl2S/c1-5-3-2-4-6(8)7(5)10-9/h2-4H,1H3. The van der Waals surface area contributed by atoms with Gasteiger partial charge in [0.05, 0.1) is 5.02 Å². The number of hydrogen-bond acceptors (Lipinski definition) is 1. The summed E-state index contributed by atoms with van der Waals surface area (Å²) >= 11 is 5.82. The maximum absolute atomic E-state index is 5.82. The van der Waals surface area contributed by atoms with Gasteiger partial charge in [-0.2, -0.15) is 0 Å². The Morgan fingerprint density at radius 1 is 1.40 bits per heavy atom. The molecule has 0 aromatic heterocycles. The van der Waals surface area contributed by atoms with Crippen molar-refractivity contribution in [2.45, 2.75) is 11.8 Å². The zero-order valence-electron chi connectivity index (χ0n) is 5.40. The summed E-state index contributed by atoms with van der Waals surface area (Å²) in [5.74, 6) is 0. The van der Waals surface area contributed by atoms with Gasteiger partial charge in [0.25, 0.3) is 0 Å².